The molecular weight excluding hydrogens is 588 g/mol. The topological polar surface area (TPSA) is 161 Å². The van der Waals surface area contributed by atoms with Gasteiger partial charge in [0.05, 0.1) is 9.85 Å². The van der Waals surface area contributed by atoms with Crippen molar-refractivity contribution < 1.29 is 29.6 Å². The Morgan fingerprint density at radius 3 is 1.83 bits per heavy atom. The maximum Gasteiger partial charge on any atom is 0.314 e. The number of carbonyl (C=O) groups is 2. The highest BCUT2D eigenvalue weighted by molar-refractivity contribution is 5.87. The summed E-state index contributed by atoms with van der Waals surface area (Å²) in [5.41, 5.74) is 3.16. The zero-order valence-electron chi connectivity index (χ0n) is 26.5. The number of benzene rings is 2. The van der Waals surface area contributed by atoms with E-state index in [1.807, 2.05) is 6.07 Å². The minimum Gasteiger partial charge on any atom is -0.502 e. The molecule has 10 heteroatoms. The number of carbonyl (C=O) groups excluding carboxylic acids is 2. The van der Waals surface area contributed by atoms with Gasteiger partial charge in [0, 0.05) is 35.3 Å². The molecule has 10 nitrogen and oxygen atoms in total. The zero-order valence-corrected chi connectivity index (χ0v) is 26.5. The lowest BCUT2D eigenvalue weighted by Gasteiger charge is -2.48. The molecule has 0 spiro atoms. The summed E-state index contributed by atoms with van der Waals surface area (Å²) in [5, 5.41) is 42.2. The third-order valence-corrected chi connectivity index (χ3v) is 13.5. The first-order chi connectivity index (χ1) is 21.8. The Balaban J connectivity index is 0.000000147. The van der Waals surface area contributed by atoms with Crippen LogP contribution in [0.2, 0.25) is 0 Å². The van der Waals surface area contributed by atoms with E-state index in [4.69, 9.17) is 0 Å². The fourth-order valence-corrected chi connectivity index (χ4v) is 11.1. The fourth-order valence-electron chi connectivity index (χ4n) is 11.1. The SMILES string of the molecule is CC12CCC3c4cc([N+](=O)[O-])c(O)cc4CCC3C1CCC2=O.CC12CCC3c4ccc(O)c([N+](=O)[O-])c4CCC3C1CCC2=O. The Bertz CT molecular complexity index is 1620. The summed E-state index contributed by atoms with van der Waals surface area (Å²) in [6, 6.07) is 6.50. The van der Waals surface area contributed by atoms with E-state index in [-0.39, 0.29) is 33.7 Å². The normalized spacial score (nSPS) is 35.3. The van der Waals surface area contributed by atoms with Crippen molar-refractivity contribution in [3.63, 3.8) is 0 Å². The number of hydrogen-bond donors (Lipinski definition) is 2. The van der Waals surface area contributed by atoms with E-state index in [0.717, 1.165) is 74.5 Å². The predicted octanol–water partition coefficient (Wildman–Crippen LogP) is 7.45. The first kappa shape index (κ1) is 30.8. The van der Waals surface area contributed by atoms with Gasteiger partial charge in [-0.05, 0) is 129 Å². The van der Waals surface area contributed by atoms with Crippen molar-refractivity contribution in [3.05, 3.63) is 66.7 Å². The molecule has 2 aromatic rings. The summed E-state index contributed by atoms with van der Waals surface area (Å²) < 4.78 is 0. The Kier molecular flexibility index (Phi) is 7.29. The predicted molar refractivity (Wildman–Crippen MR) is 169 cm³/mol. The van der Waals surface area contributed by atoms with Crippen molar-refractivity contribution in [3.8, 4) is 11.5 Å². The summed E-state index contributed by atoms with van der Waals surface area (Å²) in [4.78, 5) is 46.1. The molecule has 8 unspecified atom stereocenters. The summed E-state index contributed by atoms with van der Waals surface area (Å²) in [5.74, 6) is 2.64. The van der Waals surface area contributed by atoms with Gasteiger partial charge in [-0.2, -0.15) is 0 Å². The van der Waals surface area contributed by atoms with Crippen LogP contribution in [0.25, 0.3) is 0 Å². The number of rotatable bonds is 2. The van der Waals surface area contributed by atoms with Crippen LogP contribution in [0.15, 0.2) is 24.3 Å². The molecule has 2 N–H and O–H groups in total. The highest BCUT2D eigenvalue weighted by Crippen LogP contribution is 2.61. The second-order valence-corrected chi connectivity index (χ2v) is 15.2. The van der Waals surface area contributed by atoms with Crippen LogP contribution in [0, 0.1) is 54.7 Å². The monoisotopic (exact) mass is 630 g/mol. The van der Waals surface area contributed by atoms with Crippen molar-refractivity contribution in [1.29, 1.82) is 0 Å². The van der Waals surface area contributed by atoms with Gasteiger partial charge < -0.3 is 10.2 Å². The molecule has 0 saturated heterocycles. The Morgan fingerprint density at radius 2 is 1.26 bits per heavy atom. The summed E-state index contributed by atoms with van der Waals surface area (Å²) in [7, 11) is 0. The van der Waals surface area contributed by atoms with Crippen LogP contribution < -0.4 is 0 Å². The average Bonchev–Trinajstić information content (AvgIpc) is 3.50. The van der Waals surface area contributed by atoms with Crippen LogP contribution in [0.5, 0.6) is 11.5 Å². The molecule has 0 bridgehead atoms. The van der Waals surface area contributed by atoms with Crippen molar-refractivity contribution in [2.45, 2.75) is 103 Å². The Hall–Kier alpha value is -3.82. The summed E-state index contributed by atoms with van der Waals surface area (Å²) in [6.45, 7) is 4.25. The molecule has 0 radical (unpaired) electrons. The van der Waals surface area contributed by atoms with Gasteiger partial charge in [0.15, 0.2) is 11.5 Å². The molecule has 0 aromatic heterocycles. The molecule has 2 aromatic carbocycles. The zero-order chi connectivity index (χ0) is 32.7. The lowest BCUT2D eigenvalue weighted by molar-refractivity contribution is -0.386. The van der Waals surface area contributed by atoms with Crippen LogP contribution in [-0.2, 0) is 22.4 Å². The van der Waals surface area contributed by atoms with Gasteiger partial charge in [-0.3, -0.25) is 29.8 Å². The van der Waals surface area contributed by atoms with E-state index in [0.29, 0.717) is 71.9 Å². The summed E-state index contributed by atoms with van der Waals surface area (Å²) in [6.07, 6.45) is 10.3. The molecule has 6 aliphatic carbocycles. The third-order valence-electron chi connectivity index (χ3n) is 13.5. The first-order valence-electron chi connectivity index (χ1n) is 16.9. The maximum atomic E-state index is 12.3. The molecule has 8 atom stereocenters. The molecule has 8 rings (SSSR count). The minimum atomic E-state index is -0.509. The standard InChI is InChI=1S/2C18H21NO4/c1-18-9-8-11-10-4-6-15(20)17(19(22)23)13(10)3-2-12(11)14(18)5-7-16(18)21;1-18-7-6-11-12(14(18)4-5-17(18)21)3-2-10-8-16(20)15(19(22)23)9-13(10)11/h4,6,11-12,14,20H,2-3,5,7-9H2,1H3;8-9,11-12,14,20H,2-7H2,1H3. The molecule has 46 heavy (non-hydrogen) atoms. The second-order valence-electron chi connectivity index (χ2n) is 15.2. The molecule has 0 amide bonds. The van der Waals surface area contributed by atoms with Crippen LogP contribution >= 0.6 is 0 Å². The Morgan fingerprint density at radius 1 is 0.696 bits per heavy atom. The van der Waals surface area contributed by atoms with E-state index in [1.54, 1.807) is 12.1 Å². The molecule has 4 fully saturated rings. The van der Waals surface area contributed by atoms with E-state index in [2.05, 4.69) is 13.8 Å². The lowest BCUT2D eigenvalue weighted by Crippen LogP contribution is -2.42. The number of hydrogen-bond acceptors (Lipinski definition) is 8. The third kappa shape index (κ3) is 4.49. The van der Waals surface area contributed by atoms with Gasteiger partial charge in [-0.15, -0.1) is 0 Å². The first-order valence-corrected chi connectivity index (χ1v) is 16.9. The second kappa shape index (κ2) is 10.9. The molecule has 6 aliphatic rings. The molecule has 0 aliphatic heterocycles. The van der Waals surface area contributed by atoms with Gasteiger partial charge in [0.1, 0.15) is 11.6 Å². The van der Waals surface area contributed by atoms with Gasteiger partial charge in [0.2, 0.25) is 0 Å². The quantitative estimate of drug-likeness (QED) is 0.255. The van der Waals surface area contributed by atoms with Gasteiger partial charge in [0.25, 0.3) is 0 Å². The number of phenolic OH excluding ortho intramolecular Hbond substituents is 2. The van der Waals surface area contributed by atoms with Gasteiger partial charge in [-0.25, -0.2) is 0 Å². The van der Waals surface area contributed by atoms with Gasteiger partial charge in [-0.1, -0.05) is 19.9 Å². The number of ketones is 2. The van der Waals surface area contributed by atoms with Crippen LogP contribution in [0.1, 0.15) is 112 Å². The number of nitro benzene ring substituents is 2. The Labute approximate surface area is 267 Å². The van der Waals surface area contributed by atoms with E-state index >= 15 is 0 Å². The smallest absolute Gasteiger partial charge is 0.314 e. The van der Waals surface area contributed by atoms with Crippen molar-refractivity contribution >= 4 is 22.9 Å². The highest BCUT2D eigenvalue weighted by Gasteiger charge is 2.56. The van der Waals surface area contributed by atoms with Gasteiger partial charge >= 0.3 is 11.4 Å². The molecule has 244 valence electrons. The number of nitrogens with zero attached hydrogens (tertiary/aromatic N) is 2. The number of aryl methyl sites for hydroxylation is 1. The number of nitro groups is 2. The number of Topliss-reactive ketones (excluding diaryl/α,β-unsaturated/α-hetero) is 2. The van der Waals surface area contributed by atoms with Crippen molar-refractivity contribution in [2.75, 3.05) is 0 Å². The van der Waals surface area contributed by atoms with E-state index in [9.17, 15) is 40.0 Å². The summed E-state index contributed by atoms with van der Waals surface area (Å²) >= 11 is 0. The molecule has 0 heterocycles. The lowest BCUT2D eigenvalue weighted by atomic mass is 9.55. The van der Waals surface area contributed by atoms with Crippen LogP contribution in [0.3, 0.4) is 0 Å². The number of fused-ring (bicyclic) bond motifs is 10. The van der Waals surface area contributed by atoms with Crippen LogP contribution in [0.4, 0.5) is 11.4 Å². The van der Waals surface area contributed by atoms with E-state index in [1.165, 1.54) is 6.07 Å². The largest absolute Gasteiger partial charge is 0.502 e. The van der Waals surface area contributed by atoms with Crippen molar-refractivity contribution in [2.24, 2.45) is 34.5 Å². The molecule has 4 saturated carbocycles. The van der Waals surface area contributed by atoms with Crippen molar-refractivity contribution in [1.82, 2.24) is 0 Å². The average molecular weight is 631 g/mol. The fraction of sp³-hybridized carbons (Fsp3) is 0.611. The highest BCUT2D eigenvalue weighted by atomic mass is 16.6. The van der Waals surface area contributed by atoms with E-state index < -0.39 is 9.85 Å². The number of phenols is 2. The minimum absolute atomic E-state index is 0.114. The molecular formula is C36H42N2O8. The number of aromatic hydroxyl groups is 2. The maximum absolute atomic E-state index is 12.3. The van der Waals surface area contributed by atoms with Crippen LogP contribution in [-0.4, -0.2) is 31.6 Å².